The highest BCUT2D eigenvalue weighted by Crippen LogP contribution is 2.36. The van der Waals surface area contributed by atoms with Crippen LogP contribution in [0.4, 0.5) is 0 Å². The molecular formula is C24H21NO2. The number of hydrogen-bond acceptors (Lipinski definition) is 3. The number of ether oxygens (including phenoxy) is 2. The summed E-state index contributed by atoms with van der Waals surface area (Å²) >= 11 is 0. The second-order valence-electron chi connectivity index (χ2n) is 6.36. The Morgan fingerprint density at radius 2 is 1.52 bits per heavy atom. The van der Waals surface area contributed by atoms with Crippen molar-refractivity contribution in [1.29, 1.82) is 0 Å². The normalized spacial score (nSPS) is 13.0. The zero-order valence-electron chi connectivity index (χ0n) is 15.0. The lowest BCUT2D eigenvalue weighted by Gasteiger charge is -2.16. The van der Waals surface area contributed by atoms with Crippen LogP contribution < -0.4 is 9.47 Å². The van der Waals surface area contributed by atoms with Gasteiger partial charge >= 0.3 is 0 Å². The molecule has 0 N–H and O–H groups in total. The van der Waals surface area contributed by atoms with Crippen LogP contribution in [-0.4, -0.2) is 12.5 Å². The van der Waals surface area contributed by atoms with E-state index in [9.17, 15) is 0 Å². The molecule has 3 heteroatoms. The van der Waals surface area contributed by atoms with Crippen LogP contribution in [0.25, 0.3) is 0 Å². The van der Waals surface area contributed by atoms with E-state index in [1.165, 1.54) is 0 Å². The van der Waals surface area contributed by atoms with Gasteiger partial charge in [0.25, 0.3) is 0 Å². The van der Waals surface area contributed by atoms with E-state index in [0.717, 1.165) is 40.3 Å². The molecule has 1 atom stereocenters. The first-order chi connectivity index (χ1) is 13.3. The number of nitrogens with zero attached hydrogens (tertiary/aromatic N) is 1. The molecule has 1 aliphatic rings. The number of rotatable bonds is 6. The van der Waals surface area contributed by atoms with Crippen molar-refractivity contribution >= 4 is 5.71 Å². The monoisotopic (exact) mass is 355 g/mol. The maximum atomic E-state index is 5.55. The van der Waals surface area contributed by atoms with Crippen LogP contribution in [0.5, 0.6) is 11.5 Å². The summed E-state index contributed by atoms with van der Waals surface area (Å²) in [4.78, 5) is 5.15. The van der Waals surface area contributed by atoms with Crippen molar-refractivity contribution in [2.24, 2.45) is 4.99 Å². The Bertz CT molecular complexity index is 907. The number of benzene rings is 3. The van der Waals surface area contributed by atoms with Gasteiger partial charge in [-0.3, -0.25) is 4.99 Å². The molecule has 134 valence electrons. The first-order valence-electron chi connectivity index (χ1n) is 9.04. The quantitative estimate of drug-likeness (QED) is 0.427. The zero-order chi connectivity index (χ0) is 18.5. The predicted molar refractivity (Wildman–Crippen MR) is 109 cm³/mol. The first-order valence-corrected chi connectivity index (χ1v) is 9.04. The minimum Gasteiger partial charge on any atom is -0.454 e. The Kier molecular flexibility index (Phi) is 5.01. The Morgan fingerprint density at radius 1 is 0.889 bits per heavy atom. The van der Waals surface area contributed by atoms with Crippen molar-refractivity contribution < 1.29 is 9.47 Å². The molecule has 0 saturated heterocycles. The SMILES string of the molecule is C=CCC(N=C(c1ccccc1)c1ccccc1)c1ccc2c(c1)OCO2. The summed E-state index contributed by atoms with van der Waals surface area (Å²) in [6.45, 7) is 4.20. The van der Waals surface area contributed by atoms with E-state index in [1.54, 1.807) is 0 Å². The van der Waals surface area contributed by atoms with Gasteiger partial charge in [-0.2, -0.15) is 0 Å². The van der Waals surface area contributed by atoms with Gasteiger partial charge in [-0.25, -0.2) is 0 Å². The van der Waals surface area contributed by atoms with Gasteiger partial charge in [0.1, 0.15) is 0 Å². The fourth-order valence-corrected chi connectivity index (χ4v) is 3.21. The largest absolute Gasteiger partial charge is 0.454 e. The molecule has 0 amide bonds. The molecule has 1 aliphatic heterocycles. The molecule has 4 rings (SSSR count). The lowest BCUT2D eigenvalue weighted by molar-refractivity contribution is 0.174. The summed E-state index contributed by atoms with van der Waals surface area (Å²) in [5.41, 5.74) is 4.25. The fraction of sp³-hybridized carbons (Fsp3) is 0.125. The van der Waals surface area contributed by atoms with Gasteiger partial charge in [0.15, 0.2) is 11.5 Å². The van der Waals surface area contributed by atoms with E-state index in [1.807, 2.05) is 54.6 Å². The van der Waals surface area contributed by atoms with Gasteiger partial charge in [0.2, 0.25) is 6.79 Å². The van der Waals surface area contributed by atoms with Gasteiger partial charge in [-0.05, 0) is 24.1 Å². The average Bonchev–Trinajstić information content (AvgIpc) is 3.20. The smallest absolute Gasteiger partial charge is 0.231 e. The van der Waals surface area contributed by atoms with Crippen LogP contribution in [0.1, 0.15) is 29.2 Å². The molecule has 0 bridgehead atoms. The van der Waals surface area contributed by atoms with Crippen LogP contribution >= 0.6 is 0 Å². The van der Waals surface area contributed by atoms with E-state index in [-0.39, 0.29) is 12.8 Å². The highest BCUT2D eigenvalue weighted by Gasteiger charge is 2.18. The zero-order valence-corrected chi connectivity index (χ0v) is 15.0. The van der Waals surface area contributed by atoms with Crippen LogP contribution in [0.2, 0.25) is 0 Å². The second kappa shape index (κ2) is 7.92. The molecule has 1 unspecified atom stereocenters. The highest BCUT2D eigenvalue weighted by atomic mass is 16.7. The third-order valence-electron chi connectivity index (χ3n) is 4.55. The summed E-state index contributed by atoms with van der Waals surface area (Å²) in [5, 5.41) is 0. The molecule has 0 aliphatic carbocycles. The van der Waals surface area contributed by atoms with E-state index < -0.39 is 0 Å². The maximum absolute atomic E-state index is 5.55. The predicted octanol–water partition coefficient (Wildman–Crippen LogP) is 5.57. The average molecular weight is 355 g/mol. The molecule has 27 heavy (non-hydrogen) atoms. The Morgan fingerprint density at radius 3 is 2.15 bits per heavy atom. The van der Waals surface area contributed by atoms with Crippen LogP contribution in [0.3, 0.4) is 0 Å². The van der Waals surface area contributed by atoms with Gasteiger partial charge in [0.05, 0.1) is 11.8 Å². The Balaban J connectivity index is 1.79. The lowest BCUT2D eigenvalue weighted by atomic mass is 9.99. The molecule has 3 aromatic carbocycles. The maximum Gasteiger partial charge on any atom is 0.231 e. The van der Waals surface area contributed by atoms with Crippen LogP contribution in [-0.2, 0) is 0 Å². The Labute approximate surface area is 159 Å². The molecule has 1 heterocycles. The van der Waals surface area contributed by atoms with Crippen molar-refractivity contribution in [2.45, 2.75) is 12.5 Å². The molecule has 3 nitrogen and oxygen atoms in total. The number of aliphatic imine (C=N–C) groups is 1. The minimum atomic E-state index is -0.0487. The van der Waals surface area contributed by atoms with Gasteiger partial charge in [-0.15, -0.1) is 6.58 Å². The summed E-state index contributed by atoms with van der Waals surface area (Å²) < 4.78 is 11.0. The van der Waals surface area contributed by atoms with Crippen molar-refractivity contribution in [1.82, 2.24) is 0 Å². The molecular weight excluding hydrogens is 334 g/mol. The van der Waals surface area contributed by atoms with Crippen molar-refractivity contribution in [3.8, 4) is 11.5 Å². The third kappa shape index (κ3) is 3.77. The summed E-state index contributed by atoms with van der Waals surface area (Å²) in [7, 11) is 0. The third-order valence-corrected chi connectivity index (χ3v) is 4.55. The van der Waals surface area contributed by atoms with Gasteiger partial charge < -0.3 is 9.47 Å². The minimum absolute atomic E-state index is 0.0487. The van der Waals surface area contributed by atoms with E-state index in [4.69, 9.17) is 14.5 Å². The lowest BCUT2D eigenvalue weighted by Crippen LogP contribution is -2.07. The topological polar surface area (TPSA) is 30.8 Å². The molecule has 0 spiro atoms. The van der Waals surface area contributed by atoms with Crippen LogP contribution in [0.15, 0.2) is 96.5 Å². The molecule has 0 aromatic heterocycles. The fourth-order valence-electron chi connectivity index (χ4n) is 3.21. The highest BCUT2D eigenvalue weighted by molar-refractivity contribution is 6.13. The van der Waals surface area contributed by atoms with Gasteiger partial charge in [0, 0.05) is 11.1 Å². The van der Waals surface area contributed by atoms with Crippen molar-refractivity contribution in [3.63, 3.8) is 0 Å². The Hall–Kier alpha value is -3.33. The number of hydrogen-bond donors (Lipinski definition) is 0. The van der Waals surface area contributed by atoms with E-state index in [2.05, 4.69) is 36.9 Å². The van der Waals surface area contributed by atoms with Crippen LogP contribution in [0, 0.1) is 0 Å². The van der Waals surface area contributed by atoms with Gasteiger partial charge in [-0.1, -0.05) is 72.8 Å². The standard InChI is InChI=1S/C24H21NO2/c1-2-9-21(20-14-15-22-23(16-20)27-17-26-22)25-24(18-10-5-3-6-11-18)19-12-7-4-8-13-19/h2-8,10-16,21H,1,9,17H2. The van der Waals surface area contributed by atoms with E-state index in [0.29, 0.717) is 0 Å². The molecule has 0 radical (unpaired) electrons. The second-order valence-corrected chi connectivity index (χ2v) is 6.36. The summed E-state index contributed by atoms with van der Waals surface area (Å²) in [6, 6.07) is 26.5. The summed E-state index contributed by atoms with van der Waals surface area (Å²) in [6.07, 6.45) is 2.65. The van der Waals surface area contributed by atoms with Crippen molar-refractivity contribution in [3.05, 3.63) is 108 Å². The summed E-state index contributed by atoms with van der Waals surface area (Å²) in [5.74, 6) is 1.56. The molecule has 0 saturated carbocycles. The molecule has 3 aromatic rings. The molecule has 0 fully saturated rings. The first kappa shape index (κ1) is 17.1. The van der Waals surface area contributed by atoms with E-state index >= 15 is 0 Å². The number of fused-ring (bicyclic) bond motifs is 1. The van der Waals surface area contributed by atoms with Crippen molar-refractivity contribution in [2.75, 3.05) is 6.79 Å².